The molecule has 1 heterocycles. The number of fused-ring (bicyclic) bond motifs is 4. The molecule has 4 aliphatic rings. The van der Waals surface area contributed by atoms with Gasteiger partial charge in [0.05, 0.1) is 17.3 Å². The predicted molar refractivity (Wildman–Crippen MR) is 122 cm³/mol. The lowest BCUT2D eigenvalue weighted by Gasteiger charge is -2.54. The highest BCUT2D eigenvalue weighted by molar-refractivity contribution is 6.16. The standard InChI is InChI=1S/C27H29NO6/c1-11-8-15(9-12(2)22(11)29)21-16-6-7-17-20(26(33)28(34)25(17)32)18(16)10-19-23(30)13(3)14(4)24(31)27(19,21)5/h6,8-9,17-21,29,34H,7,10H2,1-5H3/t17-,18+,19-,20-,21-,27+/m0/s1. The lowest BCUT2D eigenvalue weighted by Crippen LogP contribution is -2.55. The van der Waals surface area contributed by atoms with Gasteiger partial charge >= 0.3 is 0 Å². The van der Waals surface area contributed by atoms with Crippen molar-refractivity contribution in [1.82, 2.24) is 5.06 Å². The number of allylic oxidation sites excluding steroid dienone is 4. The number of phenols is 1. The summed E-state index contributed by atoms with van der Waals surface area (Å²) in [6.45, 7) is 8.81. The fraction of sp³-hybridized carbons (Fsp3) is 0.481. The molecule has 2 N–H and O–H groups in total. The Balaban J connectivity index is 1.77. The number of ketones is 2. The number of hydroxylamine groups is 2. The zero-order valence-electron chi connectivity index (χ0n) is 20.0. The average Bonchev–Trinajstić information content (AvgIpc) is 3.03. The van der Waals surface area contributed by atoms with Gasteiger partial charge in [-0.1, -0.05) is 30.7 Å². The molecule has 3 aliphatic carbocycles. The van der Waals surface area contributed by atoms with E-state index in [0.717, 1.165) is 11.1 Å². The Hall–Kier alpha value is -3.06. The van der Waals surface area contributed by atoms with E-state index >= 15 is 0 Å². The first kappa shape index (κ1) is 22.7. The van der Waals surface area contributed by atoms with Gasteiger partial charge in [-0.05, 0) is 74.3 Å². The predicted octanol–water partition coefficient (Wildman–Crippen LogP) is 3.54. The van der Waals surface area contributed by atoms with Gasteiger partial charge in [0.2, 0.25) is 0 Å². The normalized spacial score (nSPS) is 35.3. The Bertz CT molecular complexity index is 1230. The zero-order chi connectivity index (χ0) is 24.9. The number of rotatable bonds is 1. The first-order valence-electron chi connectivity index (χ1n) is 11.7. The van der Waals surface area contributed by atoms with Crippen molar-refractivity contribution in [1.29, 1.82) is 0 Å². The highest BCUT2D eigenvalue weighted by Gasteiger charge is 2.64. The number of carbonyl (C=O) groups excluding carboxylic acids is 4. The molecule has 34 heavy (non-hydrogen) atoms. The van der Waals surface area contributed by atoms with E-state index in [1.165, 1.54) is 0 Å². The first-order chi connectivity index (χ1) is 15.9. The lowest BCUT2D eigenvalue weighted by atomic mass is 9.46. The Labute approximate surface area is 198 Å². The first-order valence-corrected chi connectivity index (χ1v) is 11.7. The van der Waals surface area contributed by atoms with Crippen LogP contribution in [0.15, 0.2) is 34.9 Å². The summed E-state index contributed by atoms with van der Waals surface area (Å²) >= 11 is 0. The van der Waals surface area contributed by atoms with Crippen LogP contribution in [0.4, 0.5) is 0 Å². The van der Waals surface area contributed by atoms with E-state index in [4.69, 9.17) is 0 Å². The van der Waals surface area contributed by atoms with Crippen LogP contribution in [0.2, 0.25) is 0 Å². The van der Waals surface area contributed by atoms with Crippen molar-refractivity contribution < 1.29 is 29.5 Å². The van der Waals surface area contributed by atoms with Crippen molar-refractivity contribution in [3.05, 3.63) is 51.6 Å². The van der Waals surface area contributed by atoms with E-state index in [2.05, 4.69) is 0 Å². The summed E-state index contributed by atoms with van der Waals surface area (Å²) in [5.74, 6) is -4.24. The highest BCUT2D eigenvalue weighted by Crippen LogP contribution is 2.63. The fourth-order valence-corrected chi connectivity index (χ4v) is 7.10. The minimum Gasteiger partial charge on any atom is -0.507 e. The molecular formula is C27H29NO6. The van der Waals surface area contributed by atoms with Gasteiger partial charge in [0, 0.05) is 11.8 Å². The average molecular weight is 464 g/mol. The van der Waals surface area contributed by atoms with Crippen LogP contribution in [0.5, 0.6) is 5.75 Å². The number of amides is 2. The molecule has 1 aromatic carbocycles. The molecule has 6 atom stereocenters. The number of hydrogen-bond acceptors (Lipinski definition) is 6. The summed E-state index contributed by atoms with van der Waals surface area (Å²) in [5.41, 5.74) is 2.85. The van der Waals surface area contributed by atoms with Crippen molar-refractivity contribution in [3.8, 4) is 5.75 Å². The monoisotopic (exact) mass is 463 g/mol. The number of imide groups is 1. The summed E-state index contributed by atoms with van der Waals surface area (Å²) in [7, 11) is 0. The summed E-state index contributed by atoms with van der Waals surface area (Å²) in [4.78, 5) is 52.9. The summed E-state index contributed by atoms with van der Waals surface area (Å²) in [6.07, 6.45) is 2.51. The second-order valence-corrected chi connectivity index (χ2v) is 10.6. The van der Waals surface area contributed by atoms with Gasteiger partial charge in [-0.25, -0.2) is 0 Å². The number of benzene rings is 1. The SMILES string of the molecule is CC1=C(C)C(=O)[C@@]2(C)[C@@H](c3cc(C)c(O)c(C)c3)C3=CC[C@@H]4C(=O)N(O)C(=O)[C@@H]4[C@@H]3C[C@H]2C1=O. The molecule has 0 spiro atoms. The van der Waals surface area contributed by atoms with Gasteiger partial charge in [0.1, 0.15) is 5.75 Å². The number of nitrogens with zero attached hydrogens (tertiary/aromatic N) is 1. The van der Waals surface area contributed by atoms with E-state index < -0.39 is 46.8 Å². The summed E-state index contributed by atoms with van der Waals surface area (Å²) in [5, 5.41) is 20.7. The maximum atomic E-state index is 13.9. The summed E-state index contributed by atoms with van der Waals surface area (Å²) < 4.78 is 0. The van der Waals surface area contributed by atoms with Crippen molar-refractivity contribution >= 4 is 23.4 Å². The van der Waals surface area contributed by atoms with Crippen LogP contribution in [-0.4, -0.2) is 38.8 Å². The Morgan fingerprint density at radius 3 is 2.18 bits per heavy atom. The Morgan fingerprint density at radius 1 is 0.941 bits per heavy atom. The molecule has 0 aromatic heterocycles. The van der Waals surface area contributed by atoms with Gasteiger partial charge in [-0.2, -0.15) is 5.06 Å². The van der Waals surface area contributed by atoms with Crippen LogP contribution in [0.3, 0.4) is 0 Å². The second kappa shape index (κ2) is 7.22. The fourth-order valence-electron chi connectivity index (χ4n) is 7.10. The smallest absolute Gasteiger partial charge is 0.257 e. The maximum absolute atomic E-state index is 13.9. The summed E-state index contributed by atoms with van der Waals surface area (Å²) in [6, 6.07) is 3.70. The van der Waals surface area contributed by atoms with E-state index in [1.54, 1.807) is 27.7 Å². The molecule has 2 fully saturated rings. The van der Waals surface area contributed by atoms with Crippen LogP contribution in [0.25, 0.3) is 0 Å². The van der Waals surface area contributed by atoms with Crippen LogP contribution in [0.1, 0.15) is 56.2 Å². The third-order valence-electron chi connectivity index (χ3n) is 8.99. The number of hydrogen-bond donors (Lipinski definition) is 2. The van der Waals surface area contributed by atoms with Crippen molar-refractivity contribution in [3.63, 3.8) is 0 Å². The third-order valence-corrected chi connectivity index (χ3v) is 8.99. The van der Waals surface area contributed by atoms with E-state index in [1.807, 2.05) is 25.1 Å². The number of aryl methyl sites for hydroxylation is 2. The maximum Gasteiger partial charge on any atom is 0.257 e. The molecule has 178 valence electrons. The molecular weight excluding hydrogens is 434 g/mol. The van der Waals surface area contributed by atoms with Crippen LogP contribution in [0, 0.1) is 42.9 Å². The lowest BCUT2D eigenvalue weighted by molar-refractivity contribution is -0.173. The van der Waals surface area contributed by atoms with Crippen molar-refractivity contribution in [2.45, 2.75) is 53.4 Å². The molecule has 0 radical (unpaired) electrons. The van der Waals surface area contributed by atoms with E-state index in [-0.39, 0.29) is 28.8 Å². The molecule has 2 amide bonds. The van der Waals surface area contributed by atoms with Crippen molar-refractivity contribution in [2.24, 2.45) is 29.1 Å². The van der Waals surface area contributed by atoms with Crippen LogP contribution < -0.4 is 0 Å². The van der Waals surface area contributed by atoms with Gasteiger partial charge in [-0.15, -0.1) is 0 Å². The minimum absolute atomic E-state index is 0.0814. The van der Waals surface area contributed by atoms with E-state index in [9.17, 15) is 29.5 Å². The topological polar surface area (TPSA) is 112 Å². The molecule has 1 aliphatic heterocycles. The molecule has 7 heteroatoms. The molecule has 0 unspecified atom stereocenters. The van der Waals surface area contributed by atoms with Crippen LogP contribution in [-0.2, 0) is 19.2 Å². The quantitative estimate of drug-likeness (QED) is 0.374. The van der Waals surface area contributed by atoms with Gasteiger partial charge in [0.25, 0.3) is 11.8 Å². The Morgan fingerprint density at radius 2 is 1.56 bits per heavy atom. The van der Waals surface area contributed by atoms with Gasteiger partial charge in [-0.3, -0.25) is 24.4 Å². The van der Waals surface area contributed by atoms with Gasteiger partial charge < -0.3 is 5.11 Å². The number of aromatic hydroxyl groups is 1. The van der Waals surface area contributed by atoms with Gasteiger partial charge in [0.15, 0.2) is 11.6 Å². The molecule has 5 rings (SSSR count). The molecule has 0 bridgehead atoms. The highest BCUT2D eigenvalue weighted by atomic mass is 16.5. The number of Topliss-reactive ketones (excluding diaryl/α,β-unsaturated/α-hetero) is 2. The third kappa shape index (κ3) is 2.67. The second-order valence-electron chi connectivity index (χ2n) is 10.6. The van der Waals surface area contributed by atoms with Crippen LogP contribution >= 0.6 is 0 Å². The number of carbonyl (C=O) groups is 4. The Kier molecular flexibility index (Phi) is 4.82. The van der Waals surface area contributed by atoms with Crippen molar-refractivity contribution in [2.75, 3.05) is 0 Å². The molecule has 1 aromatic rings. The zero-order valence-corrected chi connectivity index (χ0v) is 20.0. The largest absolute Gasteiger partial charge is 0.507 e. The molecule has 1 saturated heterocycles. The minimum atomic E-state index is -1.06. The number of phenolic OH excluding ortho intramolecular Hbond substituents is 1. The van der Waals surface area contributed by atoms with E-state index in [0.29, 0.717) is 28.7 Å². The molecule has 1 saturated carbocycles. The molecule has 7 nitrogen and oxygen atoms in total.